The number of carbonyl (C=O) groups excluding carboxylic acids is 2. The molecule has 0 radical (unpaired) electrons. The molecule has 1 saturated heterocycles. The van der Waals surface area contributed by atoms with Crippen molar-refractivity contribution in [1.29, 1.82) is 0 Å². The molecule has 5 heterocycles. The molecule has 0 atom stereocenters. The lowest BCUT2D eigenvalue weighted by molar-refractivity contribution is -0.135. The number of likely N-dealkylation sites (tertiary alicyclic amines) is 1. The number of hydrogen-bond donors (Lipinski definition) is 3. The molecule has 4 aromatic heterocycles. The molecule has 1 aliphatic rings. The predicted molar refractivity (Wildman–Crippen MR) is 179 cm³/mol. The molecule has 1 aromatic carbocycles. The standard InChI is InChI=1S/C34H37N9O4/c1-18(2)32(45)41-15-12-20(13-16-41)23-17-24-26(30(35)40-39-24)28(38-23)21-8-10-22(11-9-21)29-27(31(36)44)33(46)43(25-7-5-6-14-37-25)34(47)42(29)19(3)4/h5-11,14,17-20H,12-13,15-16H2,1-4H3,(H2,36,44)(H3,35,39,40). The van der Waals surface area contributed by atoms with Crippen molar-refractivity contribution in [3.63, 3.8) is 0 Å². The Bertz CT molecular complexity index is 2100. The van der Waals surface area contributed by atoms with E-state index in [4.69, 9.17) is 16.5 Å². The highest BCUT2D eigenvalue weighted by Gasteiger charge is 2.29. The van der Waals surface area contributed by atoms with Gasteiger partial charge < -0.3 is 16.4 Å². The summed E-state index contributed by atoms with van der Waals surface area (Å²) < 4.78 is 2.25. The largest absolute Gasteiger partial charge is 0.382 e. The summed E-state index contributed by atoms with van der Waals surface area (Å²) in [6.07, 6.45) is 3.03. The lowest BCUT2D eigenvalue weighted by Gasteiger charge is -2.33. The van der Waals surface area contributed by atoms with Crippen molar-refractivity contribution in [2.24, 2.45) is 11.7 Å². The fraction of sp³-hybridized carbons (Fsp3) is 0.324. The summed E-state index contributed by atoms with van der Waals surface area (Å²) in [6, 6.07) is 13.4. The van der Waals surface area contributed by atoms with E-state index in [9.17, 15) is 19.2 Å². The van der Waals surface area contributed by atoms with Gasteiger partial charge in [0.25, 0.3) is 11.5 Å². The number of anilines is 1. The lowest BCUT2D eigenvalue weighted by Crippen LogP contribution is -2.44. The maximum atomic E-state index is 13.8. The normalized spacial score (nSPS) is 14.0. The van der Waals surface area contributed by atoms with Crippen LogP contribution in [0.1, 0.15) is 68.5 Å². The number of nitrogen functional groups attached to an aromatic ring is 1. The zero-order valence-electron chi connectivity index (χ0n) is 26.7. The zero-order chi connectivity index (χ0) is 33.6. The quantitative estimate of drug-likeness (QED) is 0.242. The maximum absolute atomic E-state index is 13.8. The monoisotopic (exact) mass is 635 g/mol. The number of amides is 2. The van der Waals surface area contributed by atoms with Crippen molar-refractivity contribution in [3.8, 4) is 28.3 Å². The van der Waals surface area contributed by atoms with Gasteiger partial charge >= 0.3 is 5.69 Å². The van der Waals surface area contributed by atoms with E-state index >= 15 is 0 Å². The van der Waals surface area contributed by atoms with Crippen LogP contribution in [0.25, 0.3) is 39.2 Å². The van der Waals surface area contributed by atoms with Crippen LogP contribution >= 0.6 is 0 Å². The number of fused-ring (bicyclic) bond motifs is 1. The SMILES string of the molecule is CC(C)C(=O)N1CCC(c2cc3[nH]nc(N)c3c(-c3ccc(-c4c(C(N)=O)c(=O)n(-c5ccccn5)c(=O)n4C(C)C)cc3)n2)CC1. The Hall–Kier alpha value is -5.59. The first-order valence-electron chi connectivity index (χ1n) is 15.6. The van der Waals surface area contributed by atoms with E-state index in [2.05, 4.69) is 15.2 Å². The fourth-order valence-electron chi connectivity index (χ4n) is 6.35. The molecule has 13 heteroatoms. The molecule has 0 bridgehead atoms. The third-order valence-corrected chi connectivity index (χ3v) is 8.68. The minimum absolute atomic E-state index is 0.0457. The van der Waals surface area contributed by atoms with E-state index in [1.165, 1.54) is 16.8 Å². The number of primary amides is 1. The Kier molecular flexibility index (Phi) is 8.22. The molecule has 13 nitrogen and oxygen atoms in total. The number of nitrogens with one attached hydrogen (secondary N) is 1. The first-order chi connectivity index (χ1) is 22.5. The minimum atomic E-state index is -0.962. The molecule has 1 fully saturated rings. The topological polar surface area (TPSA) is 188 Å². The number of H-pyrrole nitrogens is 1. The van der Waals surface area contributed by atoms with Gasteiger partial charge in [-0.25, -0.2) is 14.3 Å². The first-order valence-corrected chi connectivity index (χ1v) is 15.6. The molecule has 242 valence electrons. The van der Waals surface area contributed by atoms with Crippen molar-refractivity contribution in [1.82, 2.24) is 34.2 Å². The molecule has 0 unspecified atom stereocenters. The number of benzene rings is 1. The molecule has 6 rings (SSSR count). The number of aromatic nitrogens is 6. The smallest absolute Gasteiger partial charge is 0.337 e. The van der Waals surface area contributed by atoms with Gasteiger partial charge in [-0.3, -0.25) is 29.0 Å². The summed E-state index contributed by atoms with van der Waals surface area (Å²) in [4.78, 5) is 64.0. The van der Waals surface area contributed by atoms with Crippen LogP contribution in [-0.4, -0.2) is 59.1 Å². The van der Waals surface area contributed by atoms with E-state index in [0.717, 1.165) is 34.2 Å². The molecule has 1 aliphatic heterocycles. The molecule has 0 saturated carbocycles. The Morgan fingerprint density at radius 1 is 0.979 bits per heavy atom. The second-order valence-electron chi connectivity index (χ2n) is 12.4. The number of nitrogens with two attached hydrogens (primary N) is 2. The number of hydrogen-bond acceptors (Lipinski definition) is 8. The number of rotatable bonds is 7. The average Bonchev–Trinajstić information content (AvgIpc) is 3.44. The Morgan fingerprint density at radius 2 is 1.66 bits per heavy atom. The summed E-state index contributed by atoms with van der Waals surface area (Å²) in [6.45, 7) is 8.72. The second-order valence-corrected chi connectivity index (χ2v) is 12.4. The van der Waals surface area contributed by atoms with E-state index in [1.54, 1.807) is 50.2 Å². The van der Waals surface area contributed by atoms with Gasteiger partial charge in [-0.05, 0) is 50.5 Å². The molecular weight excluding hydrogens is 598 g/mol. The van der Waals surface area contributed by atoms with Crippen molar-refractivity contribution in [2.75, 3.05) is 18.8 Å². The van der Waals surface area contributed by atoms with Crippen LogP contribution in [0.15, 0.2) is 64.3 Å². The van der Waals surface area contributed by atoms with Crippen LogP contribution in [-0.2, 0) is 4.79 Å². The first kappa shape index (κ1) is 31.4. The van der Waals surface area contributed by atoms with Crippen LogP contribution in [0, 0.1) is 5.92 Å². The second kappa shape index (κ2) is 12.3. The average molecular weight is 636 g/mol. The zero-order valence-corrected chi connectivity index (χ0v) is 26.7. The number of piperidine rings is 1. The van der Waals surface area contributed by atoms with Gasteiger partial charge in [0.2, 0.25) is 5.91 Å². The number of carbonyl (C=O) groups is 2. The maximum Gasteiger partial charge on any atom is 0.337 e. The third-order valence-electron chi connectivity index (χ3n) is 8.68. The van der Waals surface area contributed by atoms with Crippen LogP contribution in [0.2, 0.25) is 0 Å². The highest BCUT2D eigenvalue weighted by Crippen LogP contribution is 2.36. The van der Waals surface area contributed by atoms with Crippen molar-refractivity contribution in [2.45, 2.75) is 52.5 Å². The fourth-order valence-corrected chi connectivity index (χ4v) is 6.35. The van der Waals surface area contributed by atoms with Crippen molar-refractivity contribution in [3.05, 3.63) is 86.8 Å². The highest BCUT2D eigenvalue weighted by molar-refractivity contribution is 6.01. The van der Waals surface area contributed by atoms with Gasteiger partial charge in [-0.1, -0.05) is 44.2 Å². The summed E-state index contributed by atoms with van der Waals surface area (Å²) in [5, 5.41) is 7.92. The number of aromatic amines is 1. The predicted octanol–water partition coefficient (Wildman–Crippen LogP) is 3.62. The lowest BCUT2D eigenvalue weighted by atomic mass is 9.91. The van der Waals surface area contributed by atoms with Gasteiger partial charge in [0.05, 0.1) is 22.3 Å². The third kappa shape index (κ3) is 5.58. The van der Waals surface area contributed by atoms with Crippen LogP contribution < -0.4 is 22.7 Å². The Morgan fingerprint density at radius 3 is 2.26 bits per heavy atom. The van der Waals surface area contributed by atoms with Crippen LogP contribution in [0.4, 0.5) is 5.82 Å². The molecule has 0 spiro atoms. The summed E-state index contributed by atoms with van der Waals surface area (Å²) >= 11 is 0. The van der Waals surface area contributed by atoms with Crippen molar-refractivity contribution < 1.29 is 9.59 Å². The number of nitrogens with zero attached hydrogens (tertiary/aromatic N) is 6. The van der Waals surface area contributed by atoms with E-state index in [0.29, 0.717) is 35.6 Å². The molecule has 47 heavy (non-hydrogen) atoms. The van der Waals surface area contributed by atoms with Crippen LogP contribution in [0.3, 0.4) is 0 Å². The molecule has 5 N–H and O–H groups in total. The van der Waals surface area contributed by atoms with Gasteiger partial charge in [0.1, 0.15) is 11.4 Å². The van der Waals surface area contributed by atoms with E-state index in [1.807, 2.05) is 24.8 Å². The van der Waals surface area contributed by atoms with Gasteiger partial charge in [-0.15, -0.1) is 0 Å². The molecule has 0 aliphatic carbocycles. The van der Waals surface area contributed by atoms with Crippen LogP contribution in [0.5, 0.6) is 0 Å². The Balaban J connectivity index is 1.44. The van der Waals surface area contributed by atoms with E-state index in [-0.39, 0.29) is 34.8 Å². The Labute approximate surface area is 270 Å². The summed E-state index contributed by atoms with van der Waals surface area (Å²) in [5.74, 6) is -0.315. The number of pyridine rings is 2. The minimum Gasteiger partial charge on any atom is -0.382 e. The highest BCUT2D eigenvalue weighted by atomic mass is 16.2. The summed E-state index contributed by atoms with van der Waals surface area (Å²) in [5.41, 5.74) is 13.8. The van der Waals surface area contributed by atoms with E-state index < -0.39 is 23.2 Å². The van der Waals surface area contributed by atoms with Gasteiger partial charge in [-0.2, -0.15) is 5.10 Å². The summed E-state index contributed by atoms with van der Waals surface area (Å²) in [7, 11) is 0. The molecular formula is C34H37N9O4. The van der Waals surface area contributed by atoms with Gasteiger partial charge in [0.15, 0.2) is 5.82 Å². The van der Waals surface area contributed by atoms with Crippen molar-refractivity contribution >= 4 is 28.5 Å². The molecule has 5 aromatic rings. The molecule has 2 amide bonds. The van der Waals surface area contributed by atoms with Gasteiger partial charge in [0, 0.05) is 48.4 Å².